The van der Waals surface area contributed by atoms with Gasteiger partial charge < -0.3 is 5.73 Å². The maximum absolute atomic E-state index is 11.9. The summed E-state index contributed by atoms with van der Waals surface area (Å²) in [5, 5.41) is -0.329. The summed E-state index contributed by atoms with van der Waals surface area (Å²) in [6.45, 7) is 6.70. The molecule has 1 aliphatic heterocycles. The fraction of sp³-hybridized carbons (Fsp3) is 1.00. The SMILES string of the molecule is CC[C@@H]1CN(S(=O)(=O)C(C)C)CC[C@H]1N. The van der Waals surface area contributed by atoms with Crippen molar-refractivity contribution in [1.29, 1.82) is 0 Å². The quantitative estimate of drug-likeness (QED) is 0.785. The standard InChI is InChI=1S/C10H22N2O2S/c1-4-9-7-12(6-5-10(9)11)15(13,14)8(2)3/h8-10H,4-7,11H2,1-3H3/t9-,10-/m1/s1. The van der Waals surface area contributed by atoms with E-state index in [9.17, 15) is 8.42 Å². The Bertz CT molecular complexity index is 301. The number of piperidine rings is 1. The van der Waals surface area contributed by atoms with E-state index in [2.05, 4.69) is 6.92 Å². The highest BCUT2D eigenvalue weighted by Gasteiger charge is 2.33. The van der Waals surface area contributed by atoms with Gasteiger partial charge >= 0.3 is 0 Å². The Morgan fingerprint density at radius 1 is 1.47 bits per heavy atom. The van der Waals surface area contributed by atoms with Crippen molar-refractivity contribution in [2.24, 2.45) is 11.7 Å². The minimum absolute atomic E-state index is 0.161. The van der Waals surface area contributed by atoms with Gasteiger partial charge in [0.25, 0.3) is 0 Å². The summed E-state index contributed by atoms with van der Waals surface area (Å²) in [5.41, 5.74) is 5.95. The molecular weight excluding hydrogens is 212 g/mol. The van der Waals surface area contributed by atoms with Gasteiger partial charge in [-0.3, -0.25) is 0 Å². The van der Waals surface area contributed by atoms with Crippen molar-refractivity contribution in [2.75, 3.05) is 13.1 Å². The highest BCUT2D eigenvalue weighted by molar-refractivity contribution is 7.89. The van der Waals surface area contributed by atoms with Gasteiger partial charge in [0.15, 0.2) is 0 Å². The molecule has 0 aliphatic carbocycles. The van der Waals surface area contributed by atoms with Crippen LogP contribution in [0.1, 0.15) is 33.6 Å². The van der Waals surface area contributed by atoms with Crippen LogP contribution in [0.2, 0.25) is 0 Å². The molecule has 0 bridgehead atoms. The molecule has 0 aromatic heterocycles. The second kappa shape index (κ2) is 4.80. The molecule has 4 nitrogen and oxygen atoms in total. The number of nitrogens with two attached hydrogens (primary N) is 1. The van der Waals surface area contributed by atoms with E-state index in [0.717, 1.165) is 12.8 Å². The lowest BCUT2D eigenvalue weighted by Crippen LogP contribution is -2.50. The van der Waals surface area contributed by atoms with Gasteiger partial charge in [0.05, 0.1) is 5.25 Å². The summed E-state index contributed by atoms with van der Waals surface area (Å²) in [5.74, 6) is 0.312. The average Bonchev–Trinajstić information content (AvgIpc) is 2.18. The summed E-state index contributed by atoms with van der Waals surface area (Å²) in [6, 6.07) is 0.161. The zero-order chi connectivity index (χ0) is 11.6. The van der Waals surface area contributed by atoms with Crippen LogP contribution in [0.3, 0.4) is 0 Å². The molecule has 1 aliphatic rings. The second-order valence-electron chi connectivity index (χ2n) is 4.57. The van der Waals surface area contributed by atoms with E-state index in [1.807, 2.05) is 0 Å². The third-order valence-corrected chi connectivity index (χ3v) is 5.48. The average molecular weight is 234 g/mol. The van der Waals surface area contributed by atoms with Crippen molar-refractivity contribution in [3.8, 4) is 0 Å². The third-order valence-electron chi connectivity index (χ3n) is 3.24. The zero-order valence-electron chi connectivity index (χ0n) is 9.81. The van der Waals surface area contributed by atoms with Gasteiger partial charge in [-0.25, -0.2) is 12.7 Å². The smallest absolute Gasteiger partial charge is 0.216 e. The Kier molecular flexibility index (Phi) is 4.14. The monoisotopic (exact) mass is 234 g/mol. The van der Waals surface area contributed by atoms with Gasteiger partial charge in [0.2, 0.25) is 10.0 Å². The molecular formula is C10H22N2O2S. The minimum Gasteiger partial charge on any atom is -0.327 e. The summed E-state index contributed by atoms with van der Waals surface area (Å²) in [7, 11) is -3.09. The number of hydrogen-bond donors (Lipinski definition) is 1. The Morgan fingerprint density at radius 2 is 2.07 bits per heavy atom. The molecule has 2 N–H and O–H groups in total. The van der Waals surface area contributed by atoms with Gasteiger partial charge in [-0.2, -0.15) is 0 Å². The van der Waals surface area contributed by atoms with Gasteiger partial charge in [0.1, 0.15) is 0 Å². The molecule has 1 rings (SSSR count). The summed E-state index contributed by atoms with van der Waals surface area (Å²) >= 11 is 0. The lowest BCUT2D eigenvalue weighted by molar-refractivity contribution is 0.229. The predicted octanol–water partition coefficient (Wildman–Crippen LogP) is 0.784. The number of nitrogens with zero attached hydrogens (tertiary/aromatic N) is 1. The van der Waals surface area contributed by atoms with Crippen molar-refractivity contribution in [1.82, 2.24) is 4.31 Å². The van der Waals surface area contributed by atoms with Gasteiger partial charge in [-0.15, -0.1) is 0 Å². The molecule has 5 heteroatoms. The Balaban J connectivity index is 2.75. The topological polar surface area (TPSA) is 63.4 Å². The molecule has 0 saturated carbocycles. The first-order valence-corrected chi connectivity index (χ1v) is 7.14. The van der Waals surface area contributed by atoms with E-state index in [0.29, 0.717) is 19.0 Å². The molecule has 1 heterocycles. The van der Waals surface area contributed by atoms with Crippen LogP contribution in [0.5, 0.6) is 0 Å². The maximum Gasteiger partial charge on any atom is 0.216 e. The highest BCUT2D eigenvalue weighted by Crippen LogP contribution is 2.22. The molecule has 90 valence electrons. The van der Waals surface area contributed by atoms with E-state index in [-0.39, 0.29) is 11.3 Å². The lowest BCUT2D eigenvalue weighted by Gasteiger charge is -2.36. The molecule has 0 radical (unpaired) electrons. The van der Waals surface area contributed by atoms with Crippen LogP contribution in [0.4, 0.5) is 0 Å². The summed E-state index contributed by atoms with van der Waals surface area (Å²) in [4.78, 5) is 0. The molecule has 2 atom stereocenters. The summed E-state index contributed by atoms with van der Waals surface area (Å²) < 4.78 is 25.5. The maximum atomic E-state index is 11.9. The predicted molar refractivity (Wildman–Crippen MR) is 62.0 cm³/mol. The first-order valence-electron chi connectivity index (χ1n) is 5.64. The van der Waals surface area contributed by atoms with E-state index in [1.54, 1.807) is 18.2 Å². The first-order chi connectivity index (χ1) is 6.89. The zero-order valence-corrected chi connectivity index (χ0v) is 10.6. The highest BCUT2D eigenvalue weighted by atomic mass is 32.2. The first kappa shape index (κ1) is 12.9. The van der Waals surface area contributed by atoms with Crippen LogP contribution >= 0.6 is 0 Å². The number of sulfonamides is 1. The van der Waals surface area contributed by atoms with Crippen LogP contribution in [0.25, 0.3) is 0 Å². The fourth-order valence-electron chi connectivity index (χ4n) is 1.98. The molecule has 15 heavy (non-hydrogen) atoms. The van der Waals surface area contributed by atoms with Gasteiger partial charge in [0, 0.05) is 19.1 Å². The van der Waals surface area contributed by atoms with Crippen molar-refractivity contribution >= 4 is 10.0 Å². The van der Waals surface area contributed by atoms with Crippen molar-refractivity contribution in [2.45, 2.75) is 44.9 Å². The Hall–Kier alpha value is -0.130. The largest absolute Gasteiger partial charge is 0.327 e. The fourth-order valence-corrected chi connectivity index (χ4v) is 3.33. The second-order valence-corrected chi connectivity index (χ2v) is 7.06. The van der Waals surface area contributed by atoms with E-state index in [4.69, 9.17) is 5.73 Å². The molecule has 0 aromatic carbocycles. The molecule has 0 aromatic rings. The van der Waals surface area contributed by atoms with Crippen molar-refractivity contribution in [3.63, 3.8) is 0 Å². The molecule has 0 amide bonds. The van der Waals surface area contributed by atoms with Crippen LogP contribution in [-0.2, 0) is 10.0 Å². The molecule has 1 saturated heterocycles. The Morgan fingerprint density at radius 3 is 2.53 bits per heavy atom. The number of hydrogen-bond acceptors (Lipinski definition) is 3. The molecule has 0 spiro atoms. The summed E-state index contributed by atoms with van der Waals surface area (Å²) in [6.07, 6.45) is 1.73. The third kappa shape index (κ3) is 2.71. The normalized spacial score (nSPS) is 29.7. The van der Waals surface area contributed by atoms with Crippen LogP contribution in [-0.4, -0.2) is 37.1 Å². The van der Waals surface area contributed by atoms with Crippen molar-refractivity contribution < 1.29 is 8.42 Å². The number of rotatable bonds is 3. The van der Waals surface area contributed by atoms with Gasteiger partial charge in [-0.1, -0.05) is 13.3 Å². The van der Waals surface area contributed by atoms with E-state index in [1.165, 1.54) is 0 Å². The lowest BCUT2D eigenvalue weighted by atomic mass is 9.92. The van der Waals surface area contributed by atoms with Gasteiger partial charge in [-0.05, 0) is 26.2 Å². The minimum atomic E-state index is -3.09. The Labute approximate surface area is 92.9 Å². The van der Waals surface area contributed by atoms with Crippen LogP contribution in [0, 0.1) is 5.92 Å². The van der Waals surface area contributed by atoms with E-state index < -0.39 is 10.0 Å². The molecule has 0 unspecified atom stereocenters. The van der Waals surface area contributed by atoms with E-state index >= 15 is 0 Å². The van der Waals surface area contributed by atoms with Crippen molar-refractivity contribution in [3.05, 3.63) is 0 Å². The van der Waals surface area contributed by atoms with Crippen LogP contribution < -0.4 is 5.73 Å². The molecule has 1 fully saturated rings. The van der Waals surface area contributed by atoms with Crippen LogP contribution in [0.15, 0.2) is 0 Å².